The van der Waals surface area contributed by atoms with Gasteiger partial charge in [-0.1, -0.05) is 6.92 Å². The lowest BCUT2D eigenvalue weighted by molar-refractivity contribution is 0.0926. The van der Waals surface area contributed by atoms with Crippen molar-refractivity contribution in [3.63, 3.8) is 0 Å². The number of aromatic nitrogens is 1. The van der Waals surface area contributed by atoms with E-state index in [-0.39, 0.29) is 11.9 Å². The third kappa shape index (κ3) is 2.12. The first-order valence-corrected chi connectivity index (χ1v) is 7.67. The summed E-state index contributed by atoms with van der Waals surface area (Å²) < 4.78 is 5.44. The van der Waals surface area contributed by atoms with E-state index in [1.807, 2.05) is 6.07 Å². The Bertz CT molecular complexity index is 694. The van der Waals surface area contributed by atoms with Crippen LogP contribution in [-0.4, -0.2) is 29.0 Å². The maximum absolute atomic E-state index is 12.4. The van der Waals surface area contributed by atoms with Gasteiger partial charge >= 0.3 is 0 Å². The monoisotopic (exact) mass is 285 g/mol. The maximum atomic E-state index is 12.4. The van der Waals surface area contributed by atoms with Crippen molar-refractivity contribution in [3.8, 4) is 0 Å². The molecule has 3 atom stereocenters. The minimum absolute atomic E-state index is 0.0838. The zero-order valence-corrected chi connectivity index (χ0v) is 12.1. The second-order valence-corrected chi connectivity index (χ2v) is 6.04. The van der Waals surface area contributed by atoms with Gasteiger partial charge in [-0.05, 0) is 37.3 Å². The fourth-order valence-corrected chi connectivity index (χ4v) is 3.61. The van der Waals surface area contributed by atoms with E-state index < -0.39 is 0 Å². The molecule has 2 saturated heterocycles. The topological polar surface area (TPSA) is 67.2 Å². The van der Waals surface area contributed by atoms with Crippen LogP contribution in [0.4, 0.5) is 0 Å². The number of carbonyl (C=O) groups excluding carboxylic acids is 1. The van der Waals surface area contributed by atoms with Gasteiger partial charge in [-0.25, -0.2) is 4.98 Å². The van der Waals surface area contributed by atoms with Crippen LogP contribution >= 0.6 is 0 Å². The van der Waals surface area contributed by atoms with Gasteiger partial charge in [0.05, 0.1) is 12.5 Å². The third-order valence-corrected chi connectivity index (χ3v) is 4.77. The molecule has 2 aliphatic heterocycles. The molecule has 2 fully saturated rings. The summed E-state index contributed by atoms with van der Waals surface area (Å²) in [5.41, 5.74) is 2.33. The van der Waals surface area contributed by atoms with E-state index in [0.29, 0.717) is 17.8 Å². The first-order valence-electron chi connectivity index (χ1n) is 7.67. The fraction of sp³-hybridized carbons (Fsp3) is 0.500. The Balaban J connectivity index is 1.56. The van der Waals surface area contributed by atoms with Crippen LogP contribution in [0.1, 0.15) is 42.2 Å². The van der Waals surface area contributed by atoms with Crippen molar-refractivity contribution in [2.75, 3.05) is 0 Å². The van der Waals surface area contributed by atoms with Gasteiger partial charge in [-0.2, -0.15) is 0 Å². The summed E-state index contributed by atoms with van der Waals surface area (Å²) in [6, 6.07) is 3.09. The predicted molar refractivity (Wildman–Crippen MR) is 79.2 cm³/mol. The molecular formula is C16H19N3O2. The molecule has 2 aromatic heterocycles. The van der Waals surface area contributed by atoms with E-state index in [1.165, 1.54) is 6.42 Å². The molecule has 0 saturated carbocycles. The number of hydrogen-bond donors (Lipinski definition) is 2. The largest absolute Gasteiger partial charge is 0.462 e. The van der Waals surface area contributed by atoms with E-state index in [1.54, 1.807) is 12.5 Å². The number of amides is 1. The number of nitrogens with one attached hydrogen (secondary N) is 2. The zero-order valence-electron chi connectivity index (χ0n) is 12.1. The minimum Gasteiger partial charge on any atom is -0.462 e. The molecule has 0 spiro atoms. The summed E-state index contributed by atoms with van der Waals surface area (Å²) >= 11 is 0. The van der Waals surface area contributed by atoms with Gasteiger partial charge in [0.1, 0.15) is 5.69 Å². The van der Waals surface area contributed by atoms with Gasteiger partial charge in [-0.3, -0.25) is 4.79 Å². The molecule has 5 heteroatoms. The van der Waals surface area contributed by atoms with Crippen molar-refractivity contribution >= 4 is 16.9 Å². The quantitative estimate of drug-likeness (QED) is 0.905. The van der Waals surface area contributed by atoms with E-state index in [9.17, 15) is 4.79 Å². The Morgan fingerprint density at radius 1 is 1.52 bits per heavy atom. The third-order valence-electron chi connectivity index (χ3n) is 4.77. The maximum Gasteiger partial charge on any atom is 0.270 e. The highest BCUT2D eigenvalue weighted by molar-refractivity contribution is 5.96. The molecule has 2 bridgehead atoms. The average Bonchev–Trinajstić information content (AvgIpc) is 3.21. The van der Waals surface area contributed by atoms with E-state index >= 15 is 0 Å². The van der Waals surface area contributed by atoms with Crippen LogP contribution in [-0.2, 0) is 6.42 Å². The number of fused-ring (bicyclic) bond motifs is 3. The molecule has 3 unspecified atom stereocenters. The Kier molecular flexibility index (Phi) is 2.96. The lowest BCUT2D eigenvalue weighted by Crippen LogP contribution is -2.43. The van der Waals surface area contributed by atoms with E-state index in [2.05, 4.69) is 22.5 Å². The number of hydrogen-bond acceptors (Lipinski definition) is 4. The Morgan fingerprint density at radius 3 is 3.14 bits per heavy atom. The molecule has 5 nitrogen and oxygen atoms in total. The number of furan rings is 1. The highest BCUT2D eigenvalue weighted by atomic mass is 16.3. The zero-order chi connectivity index (χ0) is 14.4. The van der Waals surface area contributed by atoms with Crippen molar-refractivity contribution in [2.45, 2.75) is 50.7 Å². The fourth-order valence-electron chi connectivity index (χ4n) is 3.61. The minimum atomic E-state index is -0.0838. The number of carbonyl (C=O) groups is 1. The second-order valence-electron chi connectivity index (χ2n) is 6.04. The molecule has 2 aromatic rings. The molecule has 4 heterocycles. The molecule has 110 valence electrons. The van der Waals surface area contributed by atoms with Gasteiger partial charge in [0.25, 0.3) is 5.91 Å². The van der Waals surface area contributed by atoms with Crippen molar-refractivity contribution in [1.82, 2.24) is 15.6 Å². The van der Waals surface area contributed by atoms with Crippen LogP contribution in [0.15, 0.2) is 22.9 Å². The summed E-state index contributed by atoms with van der Waals surface area (Å²) in [5.74, 6) is -0.0838. The molecule has 21 heavy (non-hydrogen) atoms. The molecule has 2 aliphatic rings. The van der Waals surface area contributed by atoms with E-state index in [4.69, 9.17) is 4.42 Å². The summed E-state index contributed by atoms with van der Waals surface area (Å²) in [6.07, 6.45) is 7.69. The Morgan fingerprint density at radius 2 is 2.43 bits per heavy atom. The van der Waals surface area contributed by atoms with Crippen LogP contribution in [0.2, 0.25) is 0 Å². The lowest BCUT2D eigenvalue weighted by atomic mass is 9.95. The Labute approximate surface area is 123 Å². The highest BCUT2D eigenvalue weighted by Gasteiger charge is 2.39. The molecule has 0 aromatic carbocycles. The molecular weight excluding hydrogens is 266 g/mol. The van der Waals surface area contributed by atoms with Crippen LogP contribution in [0.5, 0.6) is 0 Å². The summed E-state index contributed by atoms with van der Waals surface area (Å²) in [5, 5.41) is 7.64. The average molecular weight is 285 g/mol. The first kappa shape index (κ1) is 12.8. The smallest absolute Gasteiger partial charge is 0.270 e. The van der Waals surface area contributed by atoms with Crippen LogP contribution < -0.4 is 10.6 Å². The number of aryl methyl sites for hydroxylation is 1. The summed E-state index contributed by atoms with van der Waals surface area (Å²) in [4.78, 5) is 16.6. The normalized spacial score (nSPS) is 27.4. The number of pyridine rings is 1. The number of nitrogens with zero attached hydrogens (tertiary/aromatic N) is 1. The van der Waals surface area contributed by atoms with Crippen LogP contribution in [0.3, 0.4) is 0 Å². The molecule has 0 aliphatic carbocycles. The van der Waals surface area contributed by atoms with Gasteiger partial charge in [0.15, 0.2) is 5.58 Å². The highest BCUT2D eigenvalue weighted by Crippen LogP contribution is 2.28. The molecule has 2 N–H and O–H groups in total. The standard InChI is InChI=1S/C16H19N3O2/c1-2-9-8-21-15-7-17-14(6-11(9)15)16(20)19-13-5-10-3-4-12(13)18-10/h6-8,10,12-13,18H,2-5H2,1H3,(H,19,20). The van der Waals surface area contributed by atoms with Crippen LogP contribution in [0.25, 0.3) is 11.0 Å². The molecule has 0 radical (unpaired) electrons. The van der Waals surface area contributed by atoms with Gasteiger partial charge in [-0.15, -0.1) is 0 Å². The lowest BCUT2D eigenvalue weighted by Gasteiger charge is -2.21. The van der Waals surface area contributed by atoms with Crippen molar-refractivity contribution in [2.24, 2.45) is 0 Å². The Hall–Kier alpha value is -1.88. The van der Waals surface area contributed by atoms with Gasteiger partial charge in [0.2, 0.25) is 0 Å². The van der Waals surface area contributed by atoms with Gasteiger partial charge < -0.3 is 15.1 Å². The first-order chi connectivity index (χ1) is 10.2. The molecule has 4 rings (SSSR count). The second kappa shape index (κ2) is 4.84. The van der Waals surface area contributed by atoms with Crippen molar-refractivity contribution < 1.29 is 9.21 Å². The molecule has 1 amide bonds. The van der Waals surface area contributed by atoms with Crippen molar-refractivity contribution in [3.05, 3.63) is 29.8 Å². The van der Waals surface area contributed by atoms with Crippen molar-refractivity contribution in [1.29, 1.82) is 0 Å². The van der Waals surface area contributed by atoms with Crippen LogP contribution in [0, 0.1) is 0 Å². The summed E-state index contributed by atoms with van der Waals surface area (Å²) in [7, 11) is 0. The predicted octanol–water partition coefficient (Wildman–Crippen LogP) is 2.01. The SMILES string of the molecule is CCc1coc2cnc(C(=O)NC3CC4CCC3N4)cc12. The van der Waals surface area contributed by atoms with E-state index in [0.717, 1.165) is 35.8 Å². The number of rotatable bonds is 3. The summed E-state index contributed by atoms with van der Waals surface area (Å²) in [6.45, 7) is 2.07. The van der Waals surface area contributed by atoms with Gasteiger partial charge in [0, 0.05) is 23.5 Å².